The van der Waals surface area contributed by atoms with Crippen LogP contribution in [-0.2, 0) is 38.3 Å². The number of carbonyl (C=O) groups is 1. The minimum absolute atomic E-state index is 0.0322. The van der Waals surface area contributed by atoms with Crippen molar-refractivity contribution in [3.63, 3.8) is 0 Å². The lowest BCUT2D eigenvalue weighted by atomic mass is 9.99. The highest BCUT2D eigenvalue weighted by Gasteiger charge is 2.48. The summed E-state index contributed by atoms with van der Waals surface area (Å²) in [4.78, 5) is 12.9. The van der Waals surface area contributed by atoms with E-state index < -0.39 is 59.8 Å². The highest BCUT2D eigenvalue weighted by Crippen LogP contribution is 2.26. The molecule has 70 heavy (non-hydrogen) atoms. The van der Waals surface area contributed by atoms with Crippen molar-refractivity contribution < 1.29 is 56.2 Å². The van der Waals surface area contributed by atoms with E-state index in [9.17, 15) is 33.1 Å². The summed E-state index contributed by atoms with van der Waals surface area (Å²) in [6, 6.07) is 0. The standard InChI is InChI=1S/C57H102O12S/c1-3-5-7-9-11-13-15-17-19-21-23-24-25-26-27-29-31-33-35-37-39-41-43-45-47-65-49-51(50-66-57-55(61)56(69-70(62,63)64)54(60)52(48-58)68-57)67-53(59)46-44-42-40-38-36-34-32-30-28-22-20-18-16-14-12-10-8-6-4-2/h5,7,11,13,17-20,23-24,51-52,54-58,60-61H,3-4,6,8-10,12,14-16,21-22,25-50H2,1-2H3,(H,62,63,64)/b7-5-,13-11-,19-17-,20-18-,24-23-. The average Bonchev–Trinajstić information content (AvgIpc) is 3.34. The van der Waals surface area contributed by atoms with E-state index in [-0.39, 0.29) is 19.6 Å². The number of esters is 1. The van der Waals surface area contributed by atoms with Crippen molar-refractivity contribution in [3.8, 4) is 0 Å². The van der Waals surface area contributed by atoms with Gasteiger partial charge in [-0.1, -0.05) is 209 Å². The molecule has 0 amide bonds. The maximum atomic E-state index is 12.9. The first-order valence-corrected chi connectivity index (χ1v) is 29.4. The number of aliphatic hydroxyl groups excluding tert-OH is 3. The number of rotatable bonds is 49. The lowest BCUT2D eigenvalue weighted by molar-refractivity contribution is -0.301. The lowest BCUT2D eigenvalue weighted by Gasteiger charge is -2.41. The van der Waals surface area contributed by atoms with Crippen molar-refractivity contribution in [3.05, 3.63) is 60.8 Å². The first-order valence-electron chi connectivity index (χ1n) is 28.0. The van der Waals surface area contributed by atoms with Gasteiger partial charge in [0.2, 0.25) is 0 Å². The molecule has 1 heterocycles. The quantitative estimate of drug-likeness (QED) is 0.0196. The molecule has 1 fully saturated rings. The Morgan fingerprint density at radius 2 is 0.986 bits per heavy atom. The topological polar surface area (TPSA) is 178 Å². The summed E-state index contributed by atoms with van der Waals surface area (Å²) in [5.41, 5.74) is 0. The number of hydrogen-bond donors (Lipinski definition) is 4. The molecule has 0 aliphatic carbocycles. The zero-order valence-corrected chi connectivity index (χ0v) is 44.9. The van der Waals surface area contributed by atoms with Crippen LogP contribution in [0.2, 0.25) is 0 Å². The van der Waals surface area contributed by atoms with E-state index in [1.165, 1.54) is 135 Å². The summed E-state index contributed by atoms with van der Waals surface area (Å²) >= 11 is 0. The molecule has 12 nitrogen and oxygen atoms in total. The number of aliphatic hydroxyl groups is 3. The summed E-state index contributed by atoms with van der Waals surface area (Å²) in [7, 11) is -5.07. The second-order valence-electron chi connectivity index (χ2n) is 19.1. The van der Waals surface area contributed by atoms with Crippen LogP contribution in [0, 0.1) is 0 Å². The van der Waals surface area contributed by atoms with Gasteiger partial charge < -0.3 is 34.3 Å². The van der Waals surface area contributed by atoms with Crippen LogP contribution in [0.5, 0.6) is 0 Å². The van der Waals surface area contributed by atoms with E-state index in [4.69, 9.17) is 18.9 Å². The van der Waals surface area contributed by atoms with Crippen LogP contribution in [-0.4, -0.2) is 97.5 Å². The molecule has 6 unspecified atom stereocenters. The minimum Gasteiger partial charge on any atom is -0.457 e. The monoisotopic (exact) mass is 1010 g/mol. The van der Waals surface area contributed by atoms with Gasteiger partial charge in [0.15, 0.2) is 6.29 Å². The van der Waals surface area contributed by atoms with Crippen molar-refractivity contribution in [1.82, 2.24) is 0 Å². The van der Waals surface area contributed by atoms with Gasteiger partial charge in [0.1, 0.15) is 30.5 Å². The minimum atomic E-state index is -5.07. The van der Waals surface area contributed by atoms with Crippen LogP contribution in [0.4, 0.5) is 0 Å². The number of unbranched alkanes of at least 4 members (excludes halogenated alkanes) is 26. The molecule has 6 atom stereocenters. The summed E-state index contributed by atoms with van der Waals surface area (Å²) in [5, 5.41) is 30.8. The molecule has 0 radical (unpaired) electrons. The van der Waals surface area contributed by atoms with Crippen molar-refractivity contribution in [2.24, 2.45) is 0 Å². The summed E-state index contributed by atoms with van der Waals surface area (Å²) in [5.74, 6) is -0.401. The highest BCUT2D eigenvalue weighted by molar-refractivity contribution is 7.80. The molecule has 1 aliphatic rings. The van der Waals surface area contributed by atoms with Gasteiger partial charge >= 0.3 is 16.4 Å². The van der Waals surface area contributed by atoms with Gasteiger partial charge in [0.25, 0.3) is 0 Å². The third-order valence-corrected chi connectivity index (χ3v) is 13.1. The van der Waals surface area contributed by atoms with Crippen molar-refractivity contribution >= 4 is 16.4 Å². The normalized spacial score (nSPS) is 19.5. The predicted molar refractivity (Wildman–Crippen MR) is 285 cm³/mol. The van der Waals surface area contributed by atoms with Crippen LogP contribution in [0.15, 0.2) is 60.8 Å². The summed E-state index contributed by atoms with van der Waals surface area (Å²) < 4.78 is 59.4. The van der Waals surface area contributed by atoms with Gasteiger partial charge in [-0.2, -0.15) is 8.42 Å². The molecular weight excluding hydrogens is 909 g/mol. The van der Waals surface area contributed by atoms with E-state index in [0.29, 0.717) is 13.0 Å². The van der Waals surface area contributed by atoms with Gasteiger partial charge in [0.05, 0.1) is 19.8 Å². The molecule has 0 aromatic carbocycles. The highest BCUT2D eigenvalue weighted by atomic mass is 32.3. The molecule has 0 aromatic heterocycles. The molecule has 0 aromatic rings. The van der Waals surface area contributed by atoms with Gasteiger partial charge in [-0.15, -0.1) is 0 Å². The van der Waals surface area contributed by atoms with E-state index >= 15 is 0 Å². The second kappa shape index (κ2) is 47.8. The third kappa shape index (κ3) is 40.3. The Morgan fingerprint density at radius 3 is 1.46 bits per heavy atom. The molecule has 4 N–H and O–H groups in total. The average molecular weight is 1010 g/mol. The zero-order chi connectivity index (χ0) is 51.0. The Bertz CT molecular complexity index is 1450. The van der Waals surface area contributed by atoms with Crippen LogP contribution >= 0.6 is 0 Å². The number of ether oxygens (including phenoxy) is 4. The number of hydrogen-bond acceptors (Lipinski definition) is 11. The van der Waals surface area contributed by atoms with E-state index in [1.54, 1.807) is 0 Å². The molecule has 1 aliphatic heterocycles. The maximum Gasteiger partial charge on any atom is 0.397 e. The Labute approximate surface area is 427 Å². The molecule has 0 spiro atoms. The van der Waals surface area contributed by atoms with Gasteiger partial charge in [-0.05, 0) is 77.0 Å². The van der Waals surface area contributed by atoms with Crippen LogP contribution in [0.25, 0.3) is 0 Å². The molecule has 1 rings (SSSR count). The largest absolute Gasteiger partial charge is 0.457 e. The lowest BCUT2D eigenvalue weighted by Crippen LogP contribution is -2.60. The van der Waals surface area contributed by atoms with Crippen molar-refractivity contribution in [1.29, 1.82) is 0 Å². The maximum absolute atomic E-state index is 12.9. The Hall–Kier alpha value is -2.20. The fraction of sp³-hybridized carbons (Fsp3) is 0.807. The Balaban J connectivity index is 2.31. The SMILES string of the molecule is CC/C=C\C/C=C\C/C=C\C/C=C\CCCCCCCCCCCCCOCC(COC1OC(CO)C(O)C(OS(=O)(=O)O)C1O)OC(=O)CCCCCCCCCCC/C=C\CCCCCCCC. The Kier molecular flexibility index (Phi) is 44.9. The van der Waals surface area contributed by atoms with Gasteiger partial charge in [-0.3, -0.25) is 9.35 Å². The summed E-state index contributed by atoms with van der Waals surface area (Å²) in [6.07, 6.45) is 52.5. The van der Waals surface area contributed by atoms with Crippen molar-refractivity contribution in [2.45, 2.75) is 269 Å². The van der Waals surface area contributed by atoms with E-state index in [2.05, 4.69) is 78.8 Å². The van der Waals surface area contributed by atoms with Crippen LogP contribution in [0.3, 0.4) is 0 Å². The fourth-order valence-electron chi connectivity index (χ4n) is 8.42. The number of allylic oxidation sites excluding steroid dienone is 10. The van der Waals surface area contributed by atoms with Gasteiger partial charge in [-0.25, -0.2) is 4.18 Å². The van der Waals surface area contributed by atoms with Crippen LogP contribution < -0.4 is 0 Å². The smallest absolute Gasteiger partial charge is 0.397 e. The zero-order valence-electron chi connectivity index (χ0n) is 44.1. The first-order chi connectivity index (χ1) is 34.1. The molecule has 0 saturated carbocycles. The van der Waals surface area contributed by atoms with Crippen molar-refractivity contribution in [2.75, 3.05) is 26.4 Å². The summed E-state index contributed by atoms with van der Waals surface area (Å²) in [6.45, 7) is 3.89. The molecular formula is C57H102O12S. The number of carbonyl (C=O) groups excluding carboxylic acids is 1. The molecule has 0 bridgehead atoms. The predicted octanol–water partition coefficient (Wildman–Crippen LogP) is 13.6. The van der Waals surface area contributed by atoms with E-state index in [1.807, 2.05) is 0 Å². The fourth-order valence-corrected chi connectivity index (χ4v) is 8.93. The van der Waals surface area contributed by atoms with Crippen LogP contribution in [0.1, 0.15) is 232 Å². The molecule has 1 saturated heterocycles. The molecule has 13 heteroatoms. The third-order valence-electron chi connectivity index (χ3n) is 12.6. The second-order valence-corrected chi connectivity index (χ2v) is 20.2. The molecule has 408 valence electrons. The first kappa shape index (κ1) is 65.8. The Morgan fingerprint density at radius 1 is 0.557 bits per heavy atom. The van der Waals surface area contributed by atoms with Gasteiger partial charge in [0, 0.05) is 13.0 Å². The van der Waals surface area contributed by atoms with E-state index in [0.717, 1.165) is 70.6 Å².